The molecule has 0 aliphatic rings. The molecular weight excluding hydrogens is 386 g/mol. The number of pyridine rings is 2. The number of carbonyl (C=O) groups is 1. The Kier molecular flexibility index (Phi) is 5.40. The number of hydrogen-bond donors (Lipinski definition) is 1. The highest BCUT2D eigenvalue weighted by Crippen LogP contribution is 2.14. The molecule has 0 bridgehead atoms. The Balaban J connectivity index is 1.68. The van der Waals surface area contributed by atoms with E-state index in [0.29, 0.717) is 23.8 Å². The van der Waals surface area contributed by atoms with E-state index in [2.05, 4.69) is 10.3 Å². The fourth-order valence-electron chi connectivity index (χ4n) is 3.16. The Bertz CT molecular complexity index is 1220. The lowest BCUT2D eigenvalue weighted by Gasteiger charge is -2.12. The van der Waals surface area contributed by atoms with Gasteiger partial charge >= 0.3 is 0 Å². The molecule has 0 radical (unpaired) electrons. The molecule has 1 N–H and O–H groups in total. The number of nitrogens with one attached hydrogen (secondary N) is 1. The first kappa shape index (κ1) is 18.9. The summed E-state index contributed by atoms with van der Waals surface area (Å²) in [6.07, 6.45) is 1.64. The summed E-state index contributed by atoms with van der Waals surface area (Å²) in [5.74, 6) is -0.419. The van der Waals surface area contributed by atoms with E-state index in [0.717, 1.165) is 16.5 Å². The molecule has 0 aliphatic heterocycles. The average Bonchev–Trinajstić information content (AvgIpc) is 2.75. The predicted molar refractivity (Wildman–Crippen MR) is 114 cm³/mol. The maximum Gasteiger partial charge on any atom is 0.265 e. The van der Waals surface area contributed by atoms with Gasteiger partial charge in [0, 0.05) is 23.2 Å². The molecule has 2 aromatic heterocycles. The van der Waals surface area contributed by atoms with Gasteiger partial charge in [0.2, 0.25) is 0 Å². The molecule has 0 spiro atoms. The van der Waals surface area contributed by atoms with Crippen molar-refractivity contribution in [3.63, 3.8) is 0 Å². The lowest BCUT2D eigenvalue weighted by Crippen LogP contribution is -2.33. The summed E-state index contributed by atoms with van der Waals surface area (Å²) in [5, 5.41) is 4.18. The highest BCUT2D eigenvalue weighted by atomic mass is 35.5. The molecular formula is C23H18ClN3O2. The van der Waals surface area contributed by atoms with Crippen LogP contribution in [-0.4, -0.2) is 15.5 Å². The molecule has 4 aromatic rings. The first-order chi connectivity index (χ1) is 14.1. The van der Waals surface area contributed by atoms with Crippen LogP contribution < -0.4 is 10.9 Å². The third-order valence-corrected chi connectivity index (χ3v) is 4.89. The van der Waals surface area contributed by atoms with Gasteiger partial charge in [-0.15, -0.1) is 0 Å². The predicted octanol–water partition coefficient (Wildman–Crippen LogP) is 4.03. The summed E-state index contributed by atoms with van der Waals surface area (Å²) < 4.78 is 1.54. The van der Waals surface area contributed by atoms with E-state index in [9.17, 15) is 9.59 Å². The molecule has 0 fully saturated rings. The number of rotatable bonds is 5. The number of halogens is 1. The number of fused-ring (bicyclic) bond motifs is 1. The zero-order valence-electron chi connectivity index (χ0n) is 15.5. The van der Waals surface area contributed by atoms with Crippen LogP contribution in [0.15, 0.2) is 83.8 Å². The molecule has 144 valence electrons. The van der Waals surface area contributed by atoms with Gasteiger partial charge in [0.25, 0.3) is 11.5 Å². The Hall–Kier alpha value is -3.44. The van der Waals surface area contributed by atoms with E-state index in [-0.39, 0.29) is 11.1 Å². The van der Waals surface area contributed by atoms with Gasteiger partial charge in [-0.2, -0.15) is 0 Å². The van der Waals surface area contributed by atoms with E-state index >= 15 is 0 Å². The van der Waals surface area contributed by atoms with Crippen molar-refractivity contribution in [1.82, 2.24) is 14.9 Å². The summed E-state index contributed by atoms with van der Waals surface area (Å²) >= 11 is 5.89. The van der Waals surface area contributed by atoms with Crippen molar-refractivity contribution in [1.29, 1.82) is 0 Å². The normalized spacial score (nSPS) is 10.8. The highest BCUT2D eigenvalue weighted by molar-refractivity contribution is 6.30. The van der Waals surface area contributed by atoms with Crippen LogP contribution in [0.5, 0.6) is 0 Å². The van der Waals surface area contributed by atoms with Crippen LogP contribution in [0.2, 0.25) is 5.02 Å². The number of carbonyl (C=O) groups excluding carboxylic acids is 1. The van der Waals surface area contributed by atoms with Crippen LogP contribution in [0.1, 0.15) is 21.5 Å². The van der Waals surface area contributed by atoms with E-state index in [1.165, 1.54) is 0 Å². The first-order valence-electron chi connectivity index (χ1n) is 9.17. The van der Waals surface area contributed by atoms with Gasteiger partial charge in [-0.05, 0) is 41.5 Å². The van der Waals surface area contributed by atoms with Crippen molar-refractivity contribution in [2.45, 2.75) is 13.1 Å². The van der Waals surface area contributed by atoms with Crippen LogP contribution in [-0.2, 0) is 13.1 Å². The second-order valence-corrected chi connectivity index (χ2v) is 7.10. The summed E-state index contributed by atoms with van der Waals surface area (Å²) in [6.45, 7) is 0.644. The standard InChI is InChI=1S/C23H18ClN3O2/c24-19-10-8-16(9-11-19)14-26-22(28)20-13-18-7-4-12-25-21(18)27(23(20)29)15-17-5-2-1-3-6-17/h1-13H,14-15H2,(H,26,28). The Labute approximate surface area is 172 Å². The molecule has 2 aromatic carbocycles. The minimum absolute atomic E-state index is 0.0930. The molecule has 0 unspecified atom stereocenters. The first-order valence-corrected chi connectivity index (χ1v) is 9.55. The summed E-state index contributed by atoms with van der Waals surface area (Å²) in [4.78, 5) is 30.3. The van der Waals surface area contributed by atoms with E-state index < -0.39 is 5.91 Å². The molecule has 0 aliphatic carbocycles. The maximum atomic E-state index is 13.1. The highest BCUT2D eigenvalue weighted by Gasteiger charge is 2.16. The molecule has 0 atom stereocenters. The van der Waals surface area contributed by atoms with Gasteiger partial charge in [-0.1, -0.05) is 54.1 Å². The van der Waals surface area contributed by atoms with Crippen molar-refractivity contribution in [3.05, 3.63) is 111 Å². The van der Waals surface area contributed by atoms with E-state index in [1.54, 1.807) is 35.0 Å². The number of amides is 1. The summed E-state index contributed by atoms with van der Waals surface area (Å²) in [6, 6.07) is 22.1. The zero-order valence-corrected chi connectivity index (χ0v) is 16.3. The summed E-state index contributed by atoms with van der Waals surface area (Å²) in [5.41, 5.74) is 2.13. The maximum absolute atomic E-state index is 13.1. The largest absolute Gasteiger partial charge is 0.348 e. The average molecular weight is 404 g/mol. The van der Waals surface area contributed by atoms with Crippen LogP contribution in [0.3, 0.4) is 0 Å². The SMILES string of the molecule is O=C(NCc1ccc(Cl)cc1)c1cc2cccnc2n(Cc2ccccc2)c1=O. The van der Waals surface area contributed by atoms with Crippen LogP contribution >= 0.6 is 11.6 Å². The fourth-order valence-corrected chi connectivity index (χ4v) is 3.29. The Morgan fingerprint density at radius 2 is 1.72 bits per heavy atom. The number of benzene rings is 2. The van der Waals surface area contributed by atoms with E-state index in [4.69, 9.17) is 11.6 Å². The van der Waals surface area contributed by atoms with Crippen molar-refractivity contribution in [2.75, 3.05) is 0 Å². The van der Waals surface area contributed by atoms with Crippen molar-refractivity contribution < 1.29 is 4.79 Å². The summed E-state index contributed by atoms with van der Waals surface area (Å²) in [7, 11) is 0. The van der Waals surface area contributed by atoms with Crippen molar-refractivity contribution in [3.8, 4) is 0 Å². The Morgan fingerprint density at radius 1 is 0.966 bits per heavy atom. The third-order valence-electron chi connectivity index (χ3n) is 4.64. The van der Waals surface area contributed by atoms with Crippen LogP contribution in [0.25, 0.3) is 11.0 Å². The second-order valence-electron chi connectivity index (χ2n) is 6.66. The molecule has 4 rings (SSSR count). The minimum Gasteiger partial charge on any atom is -0.348 e. The fraction of sp³-hybridized carbons (Fsp3) is 0.0870. The zero-order chi connectivity index (χ0) is 20.2. The molecule has 29 heavy (non-hydrogen) atoms. The molecule has 0 saturated carbocycles. The van der Waals surface area contributed by atoms with Gasteiger partial charge in [-0.25, -0.2) is 4.98 Å². The lowest BCUT2D eigenvalue weighted by atomic mass is 10.1. The van der Waals surface area contributed by atoms with Gasteiger partial charge in [-0.3, -0.25) is 14.2 Å². The molecule has 2 heterocycles. The molecule has 0 saturated heterocycles. The number of hydrogen-bond acceptors (Lipinski definition) is 3. The van der Waals surface area contributed by atoms with Crippen molar-refractivity contribution in [2.24, 2.45) is 0 Å². The molecule has 6 heteroatoms. The van der Waals surface area contributed by atoms with Gasteiger partial charge < -0.3 is 5.32 Å². The van der Waals surface area contributed by atoms with Crippen LogP contribution in [0.4, 0.5) is 0 Å². The third kappa shape index (κ3) is 4.20. The smallest absolute Gasteiger partial charge is 0.265 e. The van der Waals surface area contributed by atoms with Gasteiger partial charge in [0.05, 0.1) is 6.54 Å². The number of nitrogens with zero attached hydrogens (tertiary/aromatic N) is 2. The lowest BCUT2D eigenvalue weighted by molar-refractivity contribution is 0.0949. The van der Waals surface area contributed by atoms with E-state index in [1.807, 2.05) is 48.5 Å². The quantitative estimate of drug-likeness (QED) is 0.547. The second kappa shape index (κ2) is 8.29. The van der Waals surface area contributed by atoms with Crippen LogP contribution in [0, 0.1) is 0 Å². The molecule has 1 amide bonds. The minimum atomic E-state index is -0.419. The topological polar surface area (TPSA) is 64.0 Å². The van der Waals surface area contributed by atoms with Crippen molar-refractivity contribution >= 4 is 28.5 Å². The number of aromatic nitrogens is 2. The van der Waals surface area contributed by atoms with Gasteiger partial charge in [0.15, 0.2) is 0 Å². The van der Waals surface area contributed by atoms with Gasteiger partial charge in [0.1, 0.15) is 11.2 Å². The Morgan fingerprint density at radius 3 is 2.48 bits per heavy atom. The monoisotopic (exact) mass is 403 g/mol. The molecule has 5 nitrogen and oxygen atoms in total.